The van der Waals surface area contributed by atoms with Crippen molar-refractivity contribution < 1.29 is 14.6 Å². The van der Waals surface area contributed by atoms with Crippen LogP contribution in [0.1, 0.15) is 23.1 Å². The first-order chi connectivity index (χ1) is 6.20. The zero-order chi connectivity index (χ0) is 9.84. The van der Waals surface area contributed by atoms with Crippen LogP contribution in [0.15, 0.2) is 6.33 Å². The molecular formula is C8H10N2O3. The number of hydrogen-bond acceptors (Lipinski definition) is 4. The Kier molecular flexibility index (Phi) is 2.79. The molecule has 1 aromatic rings. The minimum absolute atomic E-state index is 0.0886. The summed E-state index contributed by atoms with van der Waals surface area (Å²) < 4.78 is 4.92. The summed E-state index contributed by atoms with van der Waals surface area (Å²) in [4.78, 5) is 18.2. The number of nitrogens with zero attached hydrogens (tertiary/aromatic N) is 2. The first kappa shape index (κ1) is 9.44. The number of rotatable bonds is 3. The van der Waals surface area contributed by atoms with Crippen LogP contribution in [-0.4, -0.2) is 28.2 Å². The van der Waals surface area contributed by atoms with E-state index in [4.69, 9.17) is 9.84 Å². The van der Waals surface area contributed by atoms with Gasteiger partial charge in [-0.05, 0) is 6.42 Å². The Bertz CT molecular complexity index is 325. The molecule has 0 bridgehead atoms. The van der Waals surface area contributed by atoms with Crippen molar-refractivity contribution in [2.45, 2.75) is 13.3 Å². The third-order valence-corrected chi connectivity index (χ3v) is 1.62. The number of aromatic carboxylic acids is 1. The largest absolute Gasteiger partial charge is 0.492 e. The fourth-order valence-electron chi connectivity index (χ4n) is 1.03. The SMILES string of the molecule is CCc1ncnc(C(=O)O)c1OC. The lowest BCUT2D eigenvalue weighted by molar-refractivity contribution is 0.0686. The van der Waals surface area contributed by atoms with Gasteiger partial charge in [0, 0.05) is 0 Å². The van der Waals surface area contributed by atoms with Crippen LogP contribution in [0.2, 0.25) is 0 Å². The summed E-state index contributed by atoms with van der Waals surface area (Å²) in [7, 11) is 1.41. The molecule has 1 aromatic heterocycles. The molecule has 0 saturated heterocycles. The number of aryl methyl sites for hydroxylation is 1. The van der Waals surface area contributed by atoms with E-state index >= 15 is 0 Å². The van der Waals surface area contributed by atoms with Crippen LogP contribution < -0.4 is 4.74 Å². The molecular weight excluding hydrogens is 172 g/mol. The molecule has 0 aliphatic carbocycles. The van der Waals surface area contributed by atoms with Crippen LogP contribution in [0.3, 0.4) is 0 Å². The third kappa shape index (κ3) is 1.74. The Morgan fingerprint density at radius 1 is 1.62 bits per heavy atom. The van der Waals surface area contributed by atoms with Gasteiger partial charge in [0.1, 0.15) is 6.33 Å². The highest BCUT2D eigenvalue weighted by atomic mass is 16.5. The average Bonchev–Trinajstić information content (AvgIpc) is 2.16. The van der Waals surface area contributed by atoms with E-state index in [0.717, 1.165) is 0 Å². The molecule has 1 heterocycles. The van der Waals surface area contributed by atoms with Crippen molar-refractivity contribution in [1.29, 1.82) is 0 Å². The number of ether oxygens (including phenoxy) is 1. The molecule has 0 saturated carbocycles. The van der Waals surface area contributed by atoms with Crippen LogP contribution in [-0.2, 0) is 6.42 Å². The Labute approximate surface area is 75.4 Å². The summed E-state index contributed by atoms with van der Waals surface area (Å²) in [5.74, 6) is -0.855. The number of aromatic nitrogens is 2. The molecule has 0 amide bonds. The maximum absolute atomic E-state index is 10.7. The maximum atomic E-state index is 10.7. The molecule has 1 rings (SSSR count). The van der Waals surface area contributed by atoms with Crippen molar-refractivity contribution >= 4 is 5.97 Å². The Balaban J connectivity index is 3.27. The van der Waals surface area contributed by atoms with Crippen LogP contribution in [0.25, 0.3) is 0 Å². The van der Waals surface area contributed by atoms with E-state index in [2.05, 4.69) is 9.97 Å². The molecule has 13 heavy (non-hydrogen) atoms. The lowest BCUT2D eigenvalue weighted by atomic mass is 10.2. The van der Waals surface area contributed by atoms with Gasteiger partial charge in [-0.3, -0.25) is 0 Å². The van der Waals surface area contributed by atoms with Crippen LogP contribution in [0.5, 0.6) is 5.75 Å². The number of carbonyl (C=O) groups is 1. The van der Waals surface area contributed by atoms with Gasteiger partial charge >= 0.3 is 5.97 Å². The van der Waals surface area contributed by atoms with E-state index in [-0.39, 0.29) is 11.4 Å². The van der Waals surface area contributed by atoms with E-state index in [1.165, 1.54) is 13.4 Å². The summed E-state index contributed by atoms with van der Waals surface area (Å²) in [6, 6.07) is 0. The van der Waals surface area contributed by atoms with Gasteiger partial charge in [-0.25, -0.2) is 14.8 Å². The van der Waals surface area contributed by atoms with Gasteiger partial charge in [-0.2, -0.15) is 0 Å². The highest BCUT2D eigenvalue weighted by Gasteiger charge is 2.16. The fourth-order valence-corrected chi connectivity index (χ4v) is 1.03. The van der Waals surface area contributed by atoms with Crippen LogP contribution in [0, 0.1) is 0 Å². The third-order valence-electron chi connectivity index (χ3n) is 1.62. The second-order valence-corrected chi connectivity index (χ2v) is 2.36. The summed E-state index contributed by atoms with van der Waals surface area (Å²) >= 11 is 0. The highest BCUT2D eigenvalue weighted by Crippen LogP contribution is 2.19. The Hall–Kier alpha value is -1.65. The molecule has 0 spiro atoms. The number of carboxylic acids is 1. The van der Waals surface area contributed by atoms with Gasteiger partial charge < -0.3 is 9.84 Å². The molecule has 0 aliphatic heterocycles. The molecule has 5 heteroatoms. The quantitative estimate of drug-likeness (QED) is 0.746. The second kappa shape index (κ2) is 3.84. The summed E-state index contributed by atoms with van der Waals surface area (Å²) in [5, 5.41) is 8.75. The van der Waals surface area contributed by atoms with E-state index in [0.29, 0.717) is 12.1 Å². The molecule has 0 fully saturated rings. The predicted octanol–water partition coefficient (Wildman–Crippen LogP) is 0.746. The maximum Gasteiger partial charge on any atom is 0.358 e. The number of carboxylic acid groups (broad SMARTS) is 1. The van der Waals surface area contributed by atoms with Gasteiger partial charge in [0.25, 0.3) is 0 Å². The first-order valence-electron chi connectivity index (χ1n) is 3.81. The molecule has 0 radical (unpaired) electrons. The van der Waals surface area contributed by atoms with E-state index in [1.807, 2.05) is 6.92 Å². The first-order valence-corrected chi connectivity index (χ1v) is 3.81. The Morgan fingerprint density at radius 2 is 2.31 bits per heavy atom. The molecule has 0 aliphatic rings. The minimum Gasteiger partial charge on any atom is -0.492 e. The molecule has 0 unspecified atom stereocenters. The van der Waals surface area contributed by atoms with Gasteiger partial charge in [0.2, 0.25) is 0 Å². The van der Waals surface area contributed by atoms with E-state index in [1.54, 1.807) is 0 Å². The normalized spacial score (nSPS) is 9.69. The second-order valence-electron chi connectivity index (χ2n) is 2.36. The van der Waals surface area contributed by atoms with Crippen molar-refractivity contribution in [3.63, 3.8) is 0 Å². The zero-order valence-corrected chi connectivity index (χ0v) is 7.44. The summed E-state index contributed by atoms with van der Waals surface area (Å²) in [6.07, 6.45) is 1.84. The Morgan fingerprint density at radius 3 is 2.77 bits per heavy atom. The monoisotopic (exact) mass is 182 g/mol. The fraction of sp³-hybridized carbons (Fsp3) is 0.375. The van der Waals surface area contributed by atoms with Crippen LogP contribution >= 0.6 is 0 Å². The van der Waals surface area contributed by atoms with Crippen LogP contribution in [0.4, 0.5) is 0 Å². The van der Waals surface area contributed by atoms with Gasteiger partial charge in [0.05, 0.1) is 12.8 Å². The molecule has 1 N–H and O–H groups in total. The molecule has 5 nitrogen and oxygen atoms in total. The zero-order valence-electron chi connectivity index (χ0n) is 7.44. The van der Waals surface area contributed by atoms with E-state index in [9.17, 15) is 4.79 Å². The average molecular weight is 182 g/mol. The highest BCUT2D eigenvalue weighted by molar-refractivity contribution is 5.88. The molecule has 70 valence electrons. The molecule has 0 atom stereocenters. The van der Waals surface area contributed by atoms with Crippen molar-refractivity contribution in [2.24, 2.45) is 0 Å². The smallest absolute Gasteiger partial charge is 0.358 e. The number of hydrogen-bond donors (Lipinski definition) is 1. The van der Waals surface area contributed by atoms with E-state index < -0.39 is 5.97 Å². The summed E-state index contributed by atoms with van der Waals surface area (Å²) in [5.41, 5.74) is 0.518. The minimum atomic E-state index is -1.10. The number of methoxy groups -OCH3 is 1. The van der Waals surface area contributed by atoms with Gasteiger partial charge in [-0.15, -0.1) is 0 Å². The van der Waals surface area contributed by atoms with Crippen molar-refractivity contribution in [3.05, 3.63) is 17.7 Å². The van der Waals surface area contributed by atoms with Gasteiger partial charge in [0.15, 0.2) is 11.4 Å². The lowest BCUT2D eigenvalue weighted by Crippen LogP contribution is -2.07. The topological polar surface area (TPSA) is 72.3 Å². The standard InChI is InChI=1S/C8H10N2O3/c1-3-5-7(13-2)6(8(11)12)10-4-9-5/h4H,3H2,1-2H3,(H,11,12). The van der Waals surface area contributed by atoms with Crippen molar-refractivity contribution in [2.75, 3.05) is 7.11 Å². The van der Waals surface area contributed by atoms with Crippen molar-refractivity contribution in [3.8, 4) is 5.75 Å². The summed E-state index contributed by atoms with van der Waals surface area (Å²) in [6.45, 7) is 1.87. The van der Waals surface area contributed by atoms with Crippen molar-refractivity contribution in [1.82, 2.24) is 9.97 Å². The molecule has 0 aromatic carbocycles. The predicted molar refractivity (Wildman–Crippen MR) is 44.9 cm³/mol. The van der Waals surface area contributed by atoms with Gasteiger partial charge in [-0.1, -0.05) is 6.92 Å². The lowest BCUT2D eigenvalue weighted by Gasteiger charge is -2.06.